The summed E-state index contributed by atoms with van der Waals surface area (Å²) < 4.78 is 43.4. The molecule has 0 aliphatic heterocycles. The van der Waals surface area contributed by atoms with E-state index in [9.17, 15) is 13.2 Å². The Balaban J connectivity index is 2.10. The van der Waals surface area contributed by atoms with Crippen molar-refractivity contribution < 1.29 is 22.7 Å². The minimum Gasteiger partial charge on any atom is -0.462 e. The lowest BCUT2D eigenvalue weighted by Crippen LogP contribution is -2.07. The van der Waals surface area contributed by atoms with E-state index in [1.165, 1.54) is 12.1 Å². The molecule has 0 saturated heterocycles. The Hall–Kier alpha value is -1.47. The maximum absolute atomic E-state index is 12.7. The van der Waals surface area contributed by atoms with Crippen LogP contribution in [0.15, 0.2) is 39.2 Å². The van der Waals surface area contributed by atoms with Gasteiger partial charge in [-0.2, -0.15) is 13.2 Å². The molecule has 0 atom stereocenters. The number of benzene rings is 1. The number of nitrogens with one attached hydrogen (secondary N) is 1. The molecule has 0 aliphatic carbocycles. The molecule has 2 aromatic rings. The summed E-state index contributed by atoms with van der Waals surface area (Å²) in [5.74, 6) is 0.944. The van der Waals surface area contributed by atoms with E-state index >= 15 is 0 Å². The SMILES string of the molecule is OCc1ccc(CNc2ccc(Br)c(C(F)(F)F)c2)o1. The summed E-state index contributed by atoms with van der Waals surface area (Å²) in [4.78, 5) is 0. The van der Waals surface area contributed by atoms with Crippen molar-refractivity contribution in [1.82, 2.24) is 0 Å². The highest BCUT2D eigenvalue weighted by Gasteiger charge is 2.33. The molecular formula is C13H11BrF3NO2. The molecule has 0 radical (unpaired) electrons. The maximum atomic E-state index is 12.7. The molecule has 20 heavy (non-hydrogen) atoms. The number of alkyl halides is 3. The van der Waals surface area contributed by atoms with E-state index in [0.29, 0.717) is 17.2 Å². The van der Waals surface area contributed by atoms with E-state index in [4.69, 9.17) is 9.52 Å². The number of aliphatic hydroxyl groups excluding tert-OH is 1. The second kappa shape index (κ2) is 5.88. The summed E-state index contributed by atoms with van der Waals surface area (Å²) in [7, 11) is 0. The molecule has 1 heterocycles. The molecule has 0 aliphatic rings. The van der Waals surface area contributed by atoms with Gasteiger partial charge >= 0.3 is 6.18 Å². The zero-order chi connectivity index (χ0) is 14.8. The fourth-order valence-corrected chi connectivity index (χ4v) is 2.12. The highest BCUT2D eigenvalue weighted by atomic mass is 79.9. The molecule has 2 rings (SSSR count). The third kappa shape index (κ3) is 3.55. The van der Waals surface area contributed by atoms with Crippen molar-refractivity contribution in [3.05, 3.63) is 51.9 Å². The predicted octanol–water partition coefficient (Wildman–Crippen LogP) is 4.17. The number of aliphatic hydroxyl groups is 1. The number of anilines is 1. The van der Waals surface area contributed by atoms with Gasteiger partial charge in [0.1, 0.15) is 18.1 Å². The van der Waals surface area contributed by atoms with Gasteiger partial charge < -0.3 is 14.8 Å². The molecule has 0 fully saturated rings. The second-order valence-electron chi connectivity index (χ2n) is 4.07. The molecule has 1 aromatic carbocycles. The van der Waals surface area contributed by atoms with Crippen molar-refractivity contribution in [3.8, 4) is 0 Å². The van der Waals surface area contributed by atoms with Crippen LogP contribution in [0.4, 0.5) is 18.9 Å². The van der Waals surface area contributed by atoms with Crippen molar-refractivity contribution in [2.75, 3.05) is 5.32 Å². The highest BCUT2D eigenvalue weighted by molar-refractivity contribution is 9.10. The lowest BCUT2D eigenvalue weighted by atomic mass is 10.2. The van der Waals surface area contributed by atoms with E-state index < -0.39 is 11.7 Å². The normalized spacial score (nSPS) is 11.7. The Morgan fingerprint density at radius 3 is 2.45 bits per heavy atom. The van der Waals surface area contributed by atoms with Gasteiger partial charge in [-0.25, -0.2) is 0 Å². The van der Waals surface area contributed by atoms with Crippen LogP contribution >= 0.6 is 15.9 Å². The number of hydrogen-bond donors (Lipinski definition) is 2. The number of halogens is 4. The highest BCUT2D eigenvalue weighted by Crippen LogP contribution is 2.36. The molecule has 108 valence electrons. The van der Waals surface area contributed by atoms with Crippen molar-refractivity contribution >= 4 is 21.6 Å². The molecule has 0 unspecified atom stereocenters. The number of rotatable bonds is 4. The summed E-state index contributed by atoms with van der Waals surface area (Å²) >= 11 is 2.88. The topological polar surface area (TPSA) is 45.4 Å². The predicted molar refractivity (Wildman–Crippen MR) is 71.1 cm³/mol. The maximum Gasteiger partial charge on any atom is 0.417 e. The third-order valence-electron chi connectivity index (χ3n) is 2.61. The Kier molecular flexibility index (Phi) is 4.39. The first-order valence-corrected chi connectivity index (χ1v) is 6.48. The molecule has 0 spiro atoms. The fraction of sp³-hybridized carbons (Fsp3) is 0.231. The van der Waals surface area contributed by atoms with Crippen molar-refractivity contribution in [3.63, 3.8) is 0 Å². The van der Waals surface area contributed by atoms with Crippen LogP contribution in [0.2, 0.25) is 0 Å². The van der Waals surface area contributed by atoms with Crippen LogP contribution in [0.5, 0.6) is 0 Å². The summed E-state index contributed by atoms with van der Waals surface area (Å²) in [6.07, 6.45) is -4.41. The smallest absolute Gasteiger partial charge is 0.417 e. The van der Waals surface area contributed by atoms with Crippen molar-refractivity contribution in [2.24, 2.45) is 0 Å². The van der Waals surface area contributed by atoms with E-state index in [2.05, 4.69) is 21.2 Å². The molecule has 0 bridgehead atoms. The van der Waals surface area contributed by atoms with Crippen LogP contribution in [0, 0.1) is 0 Å². The fourth-order valence-electron chi connectivity index (χ4n) is 1.64. The Morgan fingerprint density at radius 1 is 1.15 bits per heavy atom. The molecule has 7 heteroatoms. The van der Waals surface area contributed by atoms with Gasteiger partial charge in [0, 0.05) is 10.2 Å². The van der Waals surface area contributed by atoms with Crippen LogP contribution in [0.25, 0.3) is 0 Å². The van der Waals surface area contributed by atoms with Crippen LogP contribution in [0.3, 0.4) is 0 Å². The summed E-state index contributed by atoms with van der Waals surface area (Å²) in [6, 6.07) is 7.17. The molecule has 1 aromatic heterocycles. The molecule has 2 N–H and O–H groups in total. The molecule has 0 amide bonds. The Labute approximate surface area is 121 Å². The number of furan rings is 1. The van der Waals surface area contributed by atoms with E-state index in [1.807, 2.05) is 0 Å². The van der Waals surface area contributed by atoms with Crippen molar-refractivity contribution in [2.45, 2.75) is 19.3 Å². The zero-order valence-electron chi connectivity index (χ0n) is 10.2. The minimum absolute atomic E-state index is 0.00360. The lowest BCUT2D eigenvalue weighted by Gasteiger charge is -2.12. The summed E-state index contributed by atoms with van der Waals surface area (Å²) in [5.41, 5.74) is -0.402. The summed E-state index contributed by atoms with van der Waals surface area (Å²) in [6.45, 7) is 0.0232. The van der Waals surface area contributed by atoms with Gasteiger partial charge in [-0.3, -0.25) is 0 Å². The number of hydrogen-bond acceptors (Lipinski definition) is 3. The molecule has 0 saturated carbocycles. The third-order valence-corrected chi connectivity index (χ3v) is 3.30. The van der Waals surface area contributed by atoms with Crippen LogP contribution in [-0.4, -0.2) is 5.11 Å². The lowest BCUT2D eigenvalue weighted by molar-refractivity contribution is -0.138. The van der Waals surface area contributed by atoms with Gasteiger partial charge in [0.05, 0.1) is 12.1 Å². The van der Waals surface area contributed by atoms with Crippen LogP contribution < -0.4 is 5.32 Å². The van der Waals surface area contributed by atoms with Gasteiger partial charge in [0.25, 0.3) is 0 Å². The second-order valence-corrected chi connectivity index (χ2v) is 4.93. The molecular weight excluding hydrogens is 339 g/mol. The zero-order valence-corrected chi connectivity index (χ0v) is 11.8. The Bertz CT molecular complexity index is 596. The van der Waals surface area contributed by atoms with Gasteiger partial charge in [0.15, 0.2) is 0 Å². The van der Waals surface area contributed by atoms with Gasteiger partial charge in [-0.1, -0.05) is 15.9 Å². The quantitative estimate of drug-likeness (QED) is 0.870. The largest absolute Gasteiger partial charge is 0.462 e. The first-order chi connectivity index (χ1) is 9.40. The van der Waals surface area contributed by atoms with Gasteiger partial charge in [-0.15, -0.1) is 0 Å². The average molecular weight is 350 g/mol. The minimum atomic E-state index is -4.41. The first kappa shape index (κ1) is 14.9. The first-order valence-electron chi connectivity index (χ1n) is 5.69. The van der Waals surface area contributed by atoms with E-state index in [0.717, 1.165) is 6.07 Å². The average Bonchev–Trinajstić information content (AvgIpc) is 2.84. The molecule has 3 nitrogen and oxygen atoms in total. The standard InChI is InChI=1S/C13H11BrF3NO2/c14-12-4-1-8(5-11(12)13(15,16)17)18-6-9-2-3-10(7-19)20-9/h1-5,18-19H,6-7H2. The summed E-state index contributed by atoms with van der Waals surface area (Å²) in [5, 5.41) is 11.7. The van der Waals surface area contributed by atoms with Gasteiger partial charge in [-0.05, 0) is 30.3 Å². The van der Waals surface area contributed by atoms with Crippen LogP contribution in [0.1, 0.15) is 17.1 Å². The van der Waals surface area contributed by atoms with Crippen LogP contribution in [-0.2, 0) is 19.3 Å². The van der Waals surface area contributed by atoms with E-state index in [-0.39, 0.29) is 17.6 Å². The monoisotopic (exact) mass is 349 g/mol. The van der Waals surface area contributed by atoms with Crippen molar-refractivity contribution in [1.29, 1.82) is 0 Å². The van der Waals surface area contributed by atoms with E-state index in [1.54, 1.807) is 12.1 Å². The Morgan fingerprint density at radius 2 is 1.85 bits per heavy atom. The van der Waals surface area contributed by atoms with Gasteiger partial charge in [0.2, 0.25) is 0 Å².